The highest BCUT2D eigenvalue weighted by Gasteiger charge is 2.34. The monoisotopic (exact) mass is 235 g/mol. The summed E-state index contributed by atoms with van der Waals surface area (Å²) in [6, 6.07) is 3.36. The van der Waals surface area contributed by atoms with Crippen molar-refractivity contribution in [3.63, 3.8) is 0 Å². The van der Waals surface area contributed by atoms with Crippen LogP contribution in [0.1, 0.15) is 17.2 Å². The molecule has 0 radical (unpaired) electrons. The van der Waals surface area contributed by atoms with E-state index < -0.39 is 17.8 Å². The lowest BCUT2D eigenvalue weighted by Gasteiger charge is -2.15. The van der Waals surface area contributed by atoms with Crippen molar-refractivity contribution in [2.24, 2.45) is 5.73 Å². The number of aliphatic hydroxyl groups is 1. The molecule has 0 saturated heterocycles. The van der Waals surface area contributed by atoms with Crippen LogP contribution in [-0.2, 0) is 6.18 Å². The van der Waals surface area contributed by atoms with Gasteiger partial charge in [-0.2, -0.15) is 13.2 Å². The molecule has 0 aromatic heterocycles. The molecule has 3 nitrogen and oxygen atoms in total. The number of aliphatic hydroxyl groups excluding tert-OH is 1. The summed E-state index contributed by atoms with van der Waals surface area (Å²) in [5, 5.41) is 9.35. The molecule has 0 bridgehead atoms. The minimum atomic E-state index is -4.52. The molecule has 3 N–H and O–H groups in total. The quantitative estimate of drug-likeness (QED) is 0.838. The summed E-state index contributed by atoms with van der Waals surface area (Å²) in [5.41, 5.74) is 4.38. The summed E-state index contributed by atoms with van der Waals surface area (Å²) >= 11 is 0. The highest BCUT2D eigenvalue weighted by molar-refractivity contribution is 5.40. The fraction of sp³-hybridized carbons (Fsp3) is 0.400. The molecule has 1 atom stereocenters. The van der Waals surface area contributed by atoms with Crippen molar-refractivity contribution >= 4 is 0 Å². The Kier molecular flexibility index (Phi) is 3.77. The van der Waals surface area contributed by atoms with E-state index in [-0.39, 0.29) is 17.9 Å². The molecule has 0 unspecified atom stereocenters. The first-order chi connectivity index (χ1) is 7.40. The lowest BCUT2D eigenvalue weighted by Crippen LogP contribution is -2.14. The summed E-state index contributed by atoms with van der Waals surface area (Å²) in [6.45, 7) is -0.135. The maximum Gasteiger partial charge on any atom is 0.419 e. The molecule has 1 aromatic carbocycles. The molecule has 0 aliphatic carbocycles. The second-order valence-electron chi connectivity index (χ2n) is 3.21. The fourth-order valence-electron chi connectivity index (χ4n) is 1.29. The fourth-order valence-corrected chi connectivity index (χ4v) is 1.29. The Labute approximate surface area is 90.6 Å². The molecule has 0 saturated carbocycles. The Morgan fingerprint density at radius 2 is 2.06 bits per heavy atom. The second-order valence-corrected chi connectivity index (χ2v) is 3.21. The summed E-state index contributed by atoms with van der Waals surface area (Å²) < 4.78 is 42.4. The Bertz CT molecular complexity index is 366. The molecule has 0 aliphatic heterocycles. The molecule has 0 fully saturated rings. The molecule has 6 heteroatoms. The highest BCUT2D eigenvalue weighted by Crippen LogP contribution is 2.37. The molecule has 0 aliphatic rings. The van der Waals surface area contributed by atoms with Crippen molar-refractivity contribution in [2.75, 3.05) is 13.7 Å². The second kappa shape index (κ2) is 4.71. The number of rotatable bonds is 3. The lowest BCUT2D eigenvalue weighted by atomic mass is 10.0. The maximum absolute atomic E-state index is 12.6. The predicted molar refractivity (Wildman–Crippen MR) is 52.0 cm³/mol. The van der Waals surface area contributed by atoms with Crippen LogP contribution in [0.2, 0.25) is 0 Å². The first-order valence-electron chi connectivity index (χ1n) is 4.53. The summed E-state index contributed by atoms with van der Waals surface area (Å²) in [6.07, 6.45) is -5.62. The summed E-state index contributed by atoms with van der Waals surface area (Å²) in [4.78, 5) is 0. The number of nitrogens with two attached hydrogens (primary N) is 1. The Morgan fingerprint density at radius 3 is 2.50 bits per heavy atom. The molecule has 16 heavy (non-hydrogen) atoms. The van der Waals surface area contributed by atoms with Gasteiger partial charge in [-0.15, -0.1) is 0 Å². The zero-order chi connectivity index (χ0) is 12.3. The van der Waals surface area contributed by atoms with E-state index in [9.17, 15) is 18.3 Å². The normalized spacial score (nSPS) is 13.6. The van der Waals surface area contributed by atoms with Crippen LogP contribution in [0.15, 0.2) is 18.2 Å². The van der Waals surface area contributed by atoms with Gasteiger partial charge in [0.25, 0.3) is 0 Å². The minimum absolute atomic E-state index is 0.121. The van der Waals surface area contributed by atoms with E-state index >= 15 is 0 Å². The Morgan fingerprint density at radius 1 is 1.44 bits per heavy atom. The van der Waals surface area contributed by atoms with Gasteiger partial charge in [0, 0.05) is 6.54 Å². The molecule has 0 spiro atoms. The first-order valence-corrected chi connectivity index (χ1v) is 4.53. The van der Waals surface area contributed by atoms with Gasteiger partial charge in [-0.1, -0.05) is 6.07 Å². The van der Waals surface area contributed by atoms with Gasteiger partial charge in [0.1, 0.15) is 5.75 Å². The van der Waals surface area contributed by atoms with Gasteiger partial charge in [-0.05, 0) is 17.7 Å². The van der Waals surface area contributed by atoms with Crippen LogP contribution in [0.25, 0.3) is 0 Å². The van der Waals surface area contributed by atoms with Crippen LogP contribution in [0.3, 0.4) is 0 Å². The van der Waals surface area contributed by atoms with Crippen LogP contribution in [0.5, 0.6) is 5.75 Å². The number of hydrogen-bond acceptors (Lipinski definition) is 3. The number of hydrogen-bond donors (Lipinski definition) is 2. The van der Waals surface area contributed by atoms with Gasteiger partial charge in [-0.25, -0.2) is 0 Å². The summed E-state index contributed by atoms with van der Waals surface area (Å²) in [5.74, 6) is -0.277. The van der Waals surface area contributed by atoms with Crippen LogP contribution >= 0.6 is 0 Å². The smallest absolute Gasteiger partial charge is 0.419 e. The number of methoxy groups -OCH3 is 1. The number of alkyl halides is 3. The van der Waals surface area contributed by atoms with Crippen LogP contribution < -0.4 is 10.5 Å². The van der Waals surface area contributed by atoms with E-state index in [1.54, 1.807) is 0 Å². The van der Waals surface area contributed by atoms with Crippen molar-refractivity contribution in [1.82, 2.24) is 0 Å². The Balaban J connectivity index is 3.22. The van der Waals surface area contributed by atoms with Crippen molar-refractivity contribution in [1.29, 1.82) is 0 Å². The third-order valence-electron chi connectivity index (χ3n) is 2.14. The average Bonchev–Trinajstić information content (AvgIpc) is 2.26. The van der Waals surface area contributed by atoms with Crippen LogP contribution in [0.4, 0.5) is 13.2 Å². The van der Waals surface area contributed by atoms with Gasteiger partial charge in [0.15, 0.2) is 0 Å². The van der Waals surface area contributed by atoms with Crippen molar-refractivity contribution < 1.29 is 23.0 Å². The van der Waals surface area contributed by atoms with E-state index in [4.69, 9.17) is 5.73 Å². The SMILES string of the molecule is COc1ccc([C@H](O)CN)cc1C(F)(F)F. The Hall–Kier alpha value is -1.27. The van der Waals surface area contributed by atoms with Crippen LogP contribution in [-0.4, -0.2) is 18.8 Å². The molecule has 0 amide bonds. The minimum Gasteiger partial charge on any atom is -0.496 e. The third kappa shape index (κ3) is 2.65. The average molecular weight is 235 g/mol. The highest BCUT2D eigenvalue weighted by atomic mass is 19.4. The van der Waals surface area contributed by atoms with E-state index in [1.807, 2.05) is 0 Å². The van der Waals surface area contributed by atoms with Crippen molar-refractivity contribution in [3.8, 4) is 5.75 Å². The molecule has 1 rings (SSSR count). The molecule has 90 valence electrons. The third-order valence-corrected chi connectivity index (χ3v) is 2.14. The van der Waals surface area contributed by atoms with Crippen molar-refractivity contribution in [3.05, 3.63) is 29.3 Å². The van der Waals surface area contributed by atoms with E-state index in [2.05, 4.69) is 4.74 Å². The maximum atomic E-state index is 12.6. The van der Waals surface area contributed by atoms with Gasteiger partial charge in [0.05, 0.1) is 18.8 Å². The number of halogens is 3. The number of ether oxygens (including phenoxy) is 1. The van der Waals surface area contributed by atoms with Gasteiger partial charge in [-0.3, -0.25) is 0 Å². The lowest BCUT2D eigenvalue weighted by molar-refractivity contribution is -0.138. The largest absolute Gasteiger partial charge is 0.496 e. The first kappa shape index (κ1) is 12.8. The van der Waals surface area contributed by atoms with Gasteiger partial charge >= 0.3 is 6.18 Å². The topological polar surface area (TPSA) is 55.5 Å². The molecule has 0 heterocycles. The molecule has 1 aromatic rings. The van der Waals surface area contributed by atoms with Gasteiger partial charge in [0.2, 0.25) is 0 Å². The van der Waals surface area contributed by atoms with E-state index in [1.165, 1.54) is 6.07 Å². The molecular formula is C10H12F3NO2. The van der Waals surface area contributed by atoms with Crippen molar-refractivity contribution in [2.45, 2.75) is 12.3 Å². The zero-order valence-corrected chi connectivity index (χ0v) is 8.58. The molecular weight excluding hydrogens is 223 g/mol. The van der Waals surface area contributed by atoms with E-state index in [0.29, 0.717) is 0 Å². The number of benzene rings is 1. The summed E-state index contributed by atoms with van der Waals surface area (Å²) in [7, 11) is 1.16. The van der Waals surface area contributed by atoms with Gasteiger partial charge < -0.3 is 15.6 Å². The van der Waals surface area contributed by atoms with Crippen LogP contribution in [0, 0.1) is 0 Å². The standard InChI is InChI=1S/C10H12F3NO2/c1-16-9-3-2-6(8(15)5-14)4-7(9)10(11,12)13/h2-4,8,15H,5,14H2,1H3/t8-/m1/s1. The van der Waals surface area contributed by atoms with E-state index in [0.717, 1.165) is 19.2 Å². The predicted octanol–water partition coefficient (Wildman–Crippen LogP) is 1.71. The zero-order valence-electron chi connectivity index (χ0n) is 8.58.